The first kappa shape index (κ1) is 18.3. The van der Waals surface area contributed by atoms with Gasteiger partial charge in [-0.15, -0.1) is 0 Å². The zero-order chi connectivity index (χ0) is 19.5. The predicted octanol–water partition coefficient (Wildman–Crippen LogP) is 2.97. The van der Waals surface area contributed by atoms with Crippen molar-refractivity contribution in [3.8, 4) is 0 Å². The van der Waals surface area contributed by atoms with Crippen molar-refractivity contribution in [2.75, 3.05) is 13.1 Å². The van der Waals surface area contributed by atoms with E-state index in [-0.39, 0.29) is 17.4 Å². The number of rotatable bonds is 4. The third kappa shape index (κ3) is 3.96. The first-order valence-electron chi connectivity index (χ1n) is 9.78. The fraction of sp³-hybridized carbons (Fsp3) is 0.364. The summed E-state index contributed by atoms with van der Waals surface area (Å²) in [5.41, 5.74) is 3.50. The van der Waals surface area contributed by atoms with Crippen molar-refractivity contribution in [1.29, 1.82) is 0 Å². The largest absolute Gasteiger partial charge is 0.343 e. The lowest BCUT2D eigenvalue weighted by atomic mass is 9.92. The molecule has 4 rings (SSSR count). The van der Waals surface area contributed by atoms with Gasteiger partial charge in [-0.2, -0.15) is 0 Å². The molecule has 0 aliphatic carbocycles. The van der Waals surface area contributed by atoms with Gasteiger partial charge < -0.3 is 9.88 Å². The Morgan fingerprint density at radius 2 is 2.04 bits per heavy atom. The van der Waals surface area contributed by atoms with Gasteiger partial charge in [0.05, 0.1) is 10.9 Å². The minimum absolute atomic E-state index is 0.0928. The molecule has 1 saturated heterocycles. The average Bonchev–Trinajstić information content (AvgIpc) is 2.72. The molecule has 1 aliphatic heterocycles. The van der Waals surface area contributed by atoms with Gasteiger partial charge in [-0.3, -0.25) is 19.6 Å². The van der Waals surface area contributed by atoms with E-state index in [4.69, 9.17) is 0 Å². The minimum atomic E-state index is -0.0928. The summed E-state index contributed by atoms with van der Waals surface area (Å²) >= 11 is 0. The van der Waals surface area contributed by atoms with Crippen LogP contribution in [0.2, 0.25) is 0 Å². The number of pyridine rings is 3. The van der Waals surface area contributed by atoms with E-state index in [0.717, 1.165) is 35.4 Å². The van der Waals surface area contributed by atoms with Crippen LogP contribution >= 0.6 is 0 Å². The molecule has 0 spiro atoms. The van der Waals surface area contributed by atoms with Crippen LogP contribution in [-0.2, 0) is 11.2 Å². The molecular formula is C22H24N4O2. The van der Waals surface area contributed by atoms with E-state index in [1.54, 1.807) is 18.3 Å². The number of nitrogens with zero attached hydrogens (tertiary/aromatic N) is 3. The summed E-state index contributed by atoms with van der Waals surface area (Å²) in [6.07, 6.45) is 4.56. The molecule has 28 heavy (non-hydrogen) atoms. The molecule has 1 fully saturated rings. The van der Waals surface area contributed by atoms with E-state index in [9.17, 15) is 9.59 Å². The Bertz CT molecular complexity index is 1050. The van der Waals surface area contributed by atoms with Crippen LogP contribution in [0.5, 0.6) is 0 Å². The first-order valence-corrected chi connectivity index (χ1v) is 9.78. The lowest BCUT2D eigenvalue weighted by molar-refractivity contribution is -0.132. The highest BCUT2D eigenvalue weighted by Gasteiger charge is 2.24. The molecule has 1 amide bonds. The van der Waals surface area contributed by atoms with Crippen LogP contribution < -0.4 is 5.56 Å². The zero-order valence-corrected chi connectivity index (χ0v) is 16.0. The van der Waals surface area contributed by atoms with E-state index in [0.29, 0.717) is 31.3 Å². The third-order valence-electron chi connectivity index (χ3n) is 5.46. The lowest BCUT2D eigenvalue weighted by Gasteiger charge is -2.32. The number of fused-ring (bicyclic) bond motifs is 1. The van der Waals surface area contributed by atoms with Crippen molar-refractivity contribution in [1.82, 2.24) is 19.9 Å². The molecular weight excluding hydrogens is 352 g/mol. The number of aryl methyl sites for hydroxylation is 2. The molecule has 1 N–H and O–H groups in total. The van der Waals surface area contributed by atoms with Crippen LogP contribution in [0.15, 0.2) is 47.4 Å². The maximum absolute atomic E-state index is 12.6. The Kier molecular flexibility index (Phi) is 5.19. The maximum Gasteiger partial charge on any atom is 0.257 e. The SMILES string of the molecule is Cc1cccc(CCC(=O)N2CCC(c3cc4ncccc4c(=O)[nH]3)CC2)n1. The summed E-state index contributed by atoms with van der Waals surface area (Å²) in [6.45, 7) is 3.39. The summed E-state index contributed by atoms with van der Waals surface area (Å²) in [7, 11) is 0. The highest BCUT2D eigenvalue weighted by Crippen LogP contribution is 2.27. The number of aromatic nitrogens is 3. The van der Waals surface area contributed by atoms with E-state index < -0.39 is 0 Å². The van der Waals surface area contributed by atoms with Gasteiger partial charge in [0.15, 0.2) is 0 Å². The van der Waals surface area contributed by atoms with E-state index >= 15 is 0 Å². The second kappa shape index (κ2) is 7.92. The fourth-order valence-electron chi connectivity index (χ4n) is 3.90. The van der Waals surface area contributed by atoms with E-state index in [1.807, 2.05) is 36.1 Å². The number of hydrogen-bond donors (Lipinski definition) is 1. The fourth-order valence-corrected chi connectivity index (χ4v) is 3.90. The Balaban J connectivity index is 1.36. The van der Waals surface area contributed by atoms with Crippen molar-refractivity contribution >= 4 is 16.8 Å². The number of amides is 1. The summed E-state index contributed by atoms with van der Waals surface area (Å²) in [4.78, 5) is 38.6. The summed E-state index contributed by atoms with van der Waals surface area (Å²) < 4.78 is 0. The van der Waals surface area contributed by atoms with Gasteiger partial charge in [-0.25, -0.2) is 0 Å². The molecule has 6 heteroatoms. The van der Waals surface area contributed by atoms with Gasteiger partial charge in [0.25, 0.3) is 5.56 Å². The zero-order valence-electron chi connectivity index (χ0n) is 16.0. The molecule has 0 unspecified atom stereocenters. The van der Waals surface area contributed by atoms with E-state index in [2.05, 4.69) is 15.0 Å². The van der Waals surface area contributed by atoms with Gasteiger partial charge in [-0.1, -0.05) is 6.07 Å². The molecule has 144 valence electrons. The highest BCUT2D eigenvalue weighted by atomic mass is 16.2. The molecule has 4 heterocycles. The van der Waals surface area contributed by atoms with Crippen LogP contribution in [0, 0.1) is 6.92 Å². The Morgan fingerprint density at radius 3 is 2.82 bits per heavy atom. The standard InChI is InChI=1S/C22H24N4O2/c1-15-4-2-5-17(24-15)7-8-21(27)26-12-9-16(10-13-26)19-14-20-18(22(28)25-19)6-3-11-23-20/h2-6,11,14,16H,7-10,12-13H2,1H3,(H,25,28). The van der Waals surface area contributed by atoms with Gasteiger partial charge >= 0.3 is 0 Å². The van der Waals surface area contributed by atoms with Gasteiger partial charge in [-0.05, 0) is 56.5 Å². The number of nitrogens with one attached hydrogen (secondary N) is 1. The summed E-state index contributed by atoms with van der Waals surface area (Å²) in [5.74, 6) is 0.428. The Hall–Kier alpha value is -3.02. The molecule has 0 saturated carbocycles. The first-order chi connectivity index (χ1) is 13.6. The topological polar surface area (TPSA) is 79.0 Å². The van der Waals surface area contributed by atoms with Crippen LogP contribution in [0.3, 0.4) is 0 Å². The number of piperidine rings is 1. The van der Waals surface area contributed by atoms with Crippen molar-refractivity contribution in [2.45, 2.75) is 38.5 Å². The predicted molar refractivity (Wildman–Crippen MR) is 108 cm³/mol. The van der Waals surface area contributed by atoms with Crippen LogP contribution in [-0.4, -0.2) is 38.8 Å². The normalized spacial score (nSPS) is 15.1. The number of likely N-dealkylation sites (tertiary alicyclic amines) is 1. The van der Waals surface area contributed by atoms with Crippen molar-refractivity contribution in [3.05, 3.63) is 70.0 Å². The third-order valence-corrected chi connectivity index (χ3v) is 5.46. The van der Waals surface area contributed by atoms with Crippen molar-refractivity contribution in [3.63, 3.8) is 0 Å². The molecule has 0 aromatic carbocycles. The highest BCUT2D eigenvalue weighted by molar-refractivity contribution is 5.78. The van der Waals surface area contributed by atoms with Crippen LogP contribution in [0.1, 0.15) is 42.3 Å². The number of aromatic amines is 1. The summed E-state index contributed by atoms with van der Waals surface area (Å²) in [5, 5.41) is 0.614. The quantitative estimate of drug-likeness (QED) is 0.759. The Labute approximate surface area is 163 Å². The maximum atomic E-state index is 12.6. The molecule has 0 radical (unpaired) electrons. The second-order valence-electron chi connectivity index (χ2n) is 7.42. The molecule has 3 aromatic rings. The number of carbonyl (C=O) groups excluding carboxylic acids is 1. The second-order valence-corrected chi connectivity index (χ2v) is 7.42. The van der Waals surface area contributed by atoms with Gasteiger partial charge in [0, 0.05) is 48.7 Å². The van der Waals surface area contributed by atoms with Gasteiger partial charge in [0.2, 0.25) is 5.91 Å². The smallest absolute Gasteiger partial charge is 0.257 e. The van der Waals surface area contributed by atoms with E-state index in [1.165, 1.54) is 0 Å². The molecule has 0 atom stereocenters. The number of H-pyrrole nitrogens is 1. The lowest BCUT2D eigenvalue weighted by Crippen LogP contribution is -2.38. The average molecular weight is 376 g/mol. The van der Waals surface area contributed by atoms with Gasteiger partial charge in [0.1, 0.15) is 0 Å². The molecule has 6 nitrogen and oxygen atoms in total. The number of carbonyl (C=O) groups is 1. The van der Waals surface area contributed by atoms with Crippen LogP contribution in [0.25, 0.3) is 10.9 Å². The molecule has 0 bridgehead atoms. The molecule has 3 aromatic heterocycles. The van der Waals surface area contributed by atoms with Crippen LogP contribution in [0.4, 0.5) is 0 Å². The summed E-state index contributed by atoms with van der Waals surface area (Å²) in [6, 6.07) is 11.4. The van der Waals surface area contributed by atoms with Crippen molar-refractivity contribution in [2.24, 2.45) is 0 Å². The Morgan fingerprint density at radius 1 is 1.21 bits per heavy atom. The molecule has 1 aliphatic rings. The van der Waals surface area contributed by atoms with Crippen molar-refractivity contribution < 1.29 is 4.79 Å². The minimum Gasteiger partial charge on any atom is -0.343 e. The number of hydrogen-bond acceptors (Lipinski definition) is 4. The monoisotopic (exact) mass is 376 g/mol.